The maximum atomic E-state index is 8.88. The van der Waals surface area contributed by atoms with E-state index in [1.807, 2.05) is 12.1 Å². The van der Waals surface area contributed by atoms with Gasteiger partial charge in [-0.05, 0) is 36.4 Å². The average molecular weight is 299 g/mol. The lowest BCUT2D eigenvalue weighted by atomic mass is 10.2. The number of pyridine rings is 1. The summed E-state index contributed by atoms with van der Waals surface area (Å²) in [7, 11) is 0. The molecule has 0 radical (unpaired) electrons. The lowest BCUT2D eigenvalue weighted by Gasteiger charge is -2.26. The first-order valence-corrected chi connectivity index (χ1v) is 7.98. The number of hydrogen-bond acceptors (Lipinski definition) is 5. The number of hydrogen-bond donors (Lipinski definition) is 0. The Morgan fingerprint density at radius 3 is 3.00 bits per heavy atom. The summed E-state index contributed by atoms with van der Waals surface area (Å²) in [5.41, 5.74) is 0.590. The van der Waals surface area contributed by atoms with Crippen molar-refractivity contribution in [1.82, 2.24) is 4.98 Å². The van der Waals surface area contributed by atoms with Gasteiger partial charge in [-0.2, -0.15) is 5.26 Å². The van der Waals surface area contributed by atoms with Gasteiger partial charge in [0.1, 0.15) is 11.9 Å². The van der Waals surface area contributed by atoms with Crippen LogP contribution >= 0.6 is 11.3 Å². The second-order valence-electron chi connectivity index (χ2n) is 5.11. The molecule has 1 aliphatic heterocycles. The van der Waals surface area contributed by atoms with E-state index in [2.05, 4.69) is 33.5 Å². The molecule has 3 heterocycles. The second kappa shape index (κ2) is 6.70. The van der Waals surface area contributed by atoms with Crippen molar-refractivity contribution < 1.29 is 4.74 Å². The van der Waals surface area contributed by atoms with Gasteiger partial charge in [0.25, 0.3) is 0 Å². The second-order valence-corrected chi connectivity index (χ2v) is 6.14. The molecule has 0 aliphatic carbocycles. The van der Waals surface area contributed by atoms with Crippen LogP contribution in [0.15, 0.2) is 35.8 Å². The van der Waals surface area contributed by atoms with Crippen LogP contribution in [-0.2, 0) is 11.3 Å². The van der Waals surface area contributed by atoms with Crippen molar-refractivity contribution in [2.45, 2.75) is 25.5 Å². The SMILES string of the molecule is N#Cc1ccc(N(Cc2cccs2)CC2CCCO2)nc1. The normalized spacial score (nSPS) is 17.6. The first-order valence-electron chi connectivity index (χ1n) is 7.10. The summed E-state index contributed by atoms with van der Waals surface area (Å²) in [5.74, 6) is 0.901. The maximum absolute atomic E-state index is 8.88. The van der Waals surface area contributed by atoms with Gasteiger partial charge in [-0.25, -0.2) is 4.98 Å². The standard InChI is InChI=1S/C16H17N3OS/c17-9-13-5-6-16(18-10-13)19(11-14-3-1-7-20-14)12-15-4-2-8-21-15/h2,4-6,8,10,14H,1,3,7,11-12H2. The van der Waals surface area contributed by atoms with Crippen LogP contribution in [0.2, 0.25) is 0 Å². The molecule has 0 aromatic carbocycles. The lowest BCUT2D eigenvalue weighted by molar-refractivity contribution is 0.115. The minimum atomic E-state index is 0.280. The topological polar surface area (TPSA) is 49.2 Å². The molecule has 1 aliphatic rings. The van der Waals surface area contributed by atoms with E-state index in [1.54, 1.807) is 17.5 Å². The van der Waals surface area contributed by atoms with Gasteiger partial charge in [-0.3, -0.25) is 0 Å². The molecule has 2 aromatic heterocycles. The zero-order chi connectivity index (χ0) is 14.5. The molecule has 21 heavy (non-hydrogen) atoms. The highest BCUT2D eigenvalue weighted by molar-refractivity contribution is 7.09. The van der Waals surface area contributed by atoms with Crippen LogP contribution < -0.4 is 4.90 Å². The van der Waals surface area contributed by atoms with E-state index in [0.29, 0.717) is 5.56 Å². The van der Waals surface area contributed by atoms with E-state index >= 15 is 0 Å². The predicted molar refractivity (Wildman–Crippen MR) is 83.3 cm³/mol. The summed E-state index contributed by atoms with van der Waals surface area (Å²) < 4.78 is 5.75. The molecule has 1 unspecified atom stereocenters. The van der Waals surface area contributed by atoms with Gasteiger partial charge < -0.3 is 9.64 Å². The van der Waals surface area contributed by atoms with Crippen molar-refractivity contribution in [2.75, 3.05) is 18.1 Å². The highest BCUT2D eigenvalue weighted by Crippen LogP contribution is 2.21. The van der Waals surface area contributed by atoms with Crippen LogP contribution in [0.5, 0.6) is 0 Å². The first kappa shape index (κ1) is 14.1. The van der Waals surface area contributed by atoms with Crippen LogP contribution in [0, 0.1) is 11.3 Å². The number of nitrogens with zero attached hydrogens (tertiary/aromatic N) is 3. The Hall–Kier alpha value is -1.90. The molecule has 3 rings (SSSR count). The van der Waals surface area contributed by atoms with Gasteiger partial charge in [0.15, 0.2) is 0 Å². The van der Waals surface area contributed by atoms with E-state index in [9.17, 15) is 0 Å². The first-order chi connectivity index (χ1) is 10.3. The molecule has 0 amide bonds. The van der Waals surface area contributed by atoms with Crippen LogP contribution in [0.3, 0.4) is 0 Å². The maximum Gasteiger partial charge on any atom is 0.128 e. The molecular formula is C16H17N3OS. The smallest absolute Gasteiger partial charge is 0.128 e. The van der Waals surface area contributed by atoms with Crippen LogP contribution in [0.1, 0.15) is 23.3 Å². The van der Waals surface area contributed by atoms with Gasteiger partial charge >= 0.3 is 0 Å². The lowest BCUT2D eigenvalue weighted by Crippen LogP contribution is -2.32. The fraction of sp³-hybridized carbons (Fsp3) is 0.375. The molecule has 1 fully saturated rings. The predicted octanol–water partition coefficient (Wildman–Crippen LogP) is 3.20. The summed E-state index contributed by atoms with van der Waals surface area (Å²) >= 11 is 1.75. The summed E-state index contributed by atoms with van der Waals surface area (Å²) in [6, 6.07) is 10.0. The van der Waals surface area contributed by atoms with Crippen LogP contribution in [0.4, 0.5) is 5.82 Å². The quantitative estimate of drug-likeness (QED) is 0.850. The number of aromatic nitrogens is 1. The Balaban J connectivity index is 1.77. The third-order valence-corrected chi connectivity index (χ3v) is 4.44. The van der Waals surface area contributed by atoms with E-state index in [1.165, 1.54) is 4.88 Å². The molecular weight excluding hydrogens is 282 g/mol. The average Bonchev–Trinajstić information content (AvgIpc) is 3.20. The Labute approximate surface area is 128 Å². The summed E-state index contributed by atoms with van der Waals surface area (Å²) in [4.78, 5) is 7.97. The van der Waals surface area contributed by atoms with E-state index < -0.39 is 0 Å². The minimum absolute atomic E-state index is 0.280. The number of thiophene rings is 1. The van der Waals surface area contributed by atoms with Crippen molar-refractivity contribution in [3.63, 3.8) is 0 Å². The fourth-order valence-corrected chi connectivity index (χ4v) is 3.22. The third-order valence-electron chi connectivity index (χ3n) is 3.58. The molecule has 108 valence electrons. The monoisotopic (exact) mass is 299 g/mol. The van der Waals surface area contributed by atoms with E-state index in [4.69, 9.17) is 10.00 Å². The third kappa shape index (κ3) is 3.60. The highest BCUT2D eigenvalue weighted by Gasteiger charge is 2.20. The molecule has 0 bridgehead atoms. The Morgan fingerprint density at radius 2 is 2.38 bits per heavy atom. The van der Waals surface area contributed by atoms with E-state index in [-0.39, 0.29) is 6.10 Å². The fourth-order valence-electron chi connectivity index (χ4n) is 2.50. The highest BCUT2D eigenvalue weighted by atomic mass is 32.1. The minimum Gasteiger partial charge on any atom is -0.376 e. The van der Waals surface area contributed by atoms with Gasteiger partial charge in [0.05, 0.1) is 18.2 Å². The Morgan fingerprint density at radius 1 is 1.43 bits per heavy atom. The zero-order valence-electron chi connectivity index (χ0n) is 11.7. The Kier molecular flexibility index (Phi) is 4.49. The molecule has 1 atom stereocenters. The van der Waals surface area contributed by atoms with Crippen LogP contribution in [-0.4, -0.2) is 24.2 Å². The van der Waals surface area contributed by atoms with Crippen LogP contribution in [0.25, 0.3) is 0 Å². The van der Waals surface area contributed by atoms with Gasteiger partial charge in [-0.15, -0.1) is 11.3 Å². The Bertz CT molecular complexity index is 597. The number of nitriles is 1. The number of ether oxygens (including phenoxy) is 1. The summed E-state index contributed by atoms with van der Waals surface area (Å²) in [6.07, 6.45) is 4.16. The molecule has 5 heteroatoms. The number of anilines is 1. The molecule has 2 aromatic rings. The summed E-state index contributed by atoms with van der Waals surface area (Å²) in [6.45, 7) is 2.53. The largest absolute Gasteiger partial charge is 0.376 e. The van der Waals surface area contributed by atoms with Crippen molar-refractivity contribution in [3.8, 4) is 6.07 Å². The molecule has 0 saturated carbocycles. The van der Waals surface area contributed by atoms with E-state index in [0.717, 1.165) is 38.4 Å². The van der Waals surface area contributed by atoms with Crippen molar-refractivity contribution in [1.29, 1.82) is 5.26 Å². The van der Waals surface area contributed by atoms with Crippen molar-refractivity contribution in [2.24, 2.45) is 0 Å². The van der Waals surface area contributed by atoms with Crippen molar-refractivity contribution >= 4 is 17.2 Å². The molecule has 4 nitrogen and oxygen atoms in total. The molecule has 0 spiro atoms. The summed E-state index contributed by atoms with van der Waals surface area (Å²) in [5, 5.41) is 11.0. The van der Waals surface area contributed by atoms with Crippen molar-refractivity contribution in [3.05, 3.63) is 46.3 Å². The zero-order valence-corrected chi connectivity index (χ0v) is 12.6. The van der Waals surface area contributed by atoms with Gasteiger partial charge in [0, 0.05) is 24.2 Å². The molecule has 1 saturated heterocycles. The molecule has 0 N–H and O–H groups in total. The number of rotatable bonds is 5. The van der Waals surface area contributed by atoms with Gasteiger partial charge in [0.2, 0.25) is 0 Å². The van der Waals surface area contributed by atoms with Gasteiger partial charge in [-0.1, -0.05) is 6.07 Å².